The molecule has 0 aliphatic carbocycles. The van der Waals surface area contributed by atoms with Crippen LogP contribution in [0, 0.1) is 0 Å². The summed E-state index contributed by atoms with van der Waals surface area (Å²) in [4.78, 5) is 27.9. The molecule has 0 radical (unpaired) electrons. The number of benzene rings is 2. The lowest BCUT2D eigenvalue weighted by atomic mass is 9.77. The highest BCUT2D eigenvalue weighted by atomic mass is 35.5. The third kappa shape index (κ3) is 5.03. The molecule has 5 nitrogen and oxygen atoms in total. The van der Waals surface area contributed by atoms with Crippen molar-refractivity contribution < 1.29 is 27.5 Å². The molecule has 2 aliphatic heterocycles. The van der Waals surface area contributed by atoms with Crippen LogP contribution >= 0.6 is 12.4 Å². The summed E-state index contributed by atoms with van der Waals surface area (Å²) in [7, 11) is 1.21. The van der Waals surface area contributed by atoms with Gasteiger partial charge in [0.25, 0.3) is 0 Å². The topological polar surface area (TPSA) is 58.6 Å². The highest BCUT2D eigenvalue weighted by Crippen LogP contribution is 2.42. The molecule has 180 valence electrons. The lowest BCUT2D eigenvalue weighted by molar-refractivity contribution is -0.137. The molecule has 0 saturated carbocycles. The first-order valence-corrected chi connectivity index (χ1v) is 10.4. The van der Waals surface area contributed by atoms with Crippen molar-refractivity contribution in [2.24, 2.45) is 0 Å². The number of esters is 1. The fourth-order valence-electron chi connectivity index (χ4n) is 4.48. The summed E-state index contributed by atoms with van der Waals surface area (Å²) in [5.74, 6) is -1.87. The number of dihydropyridines is 1. The van der Waals surface area contributed by atoms with Gasteiger partial charge >= 0.3 is 12.1 Å². The van der Waals surface area contributed by atoms with Crippen molar-refractivity contribution >= 4 is 24.2 Å². The zero-order chi connectivity index (χ0) is 23.8. The van der Waals surface area contributed by atoms with E-state index in [4.69, 9.17) is 4.74 Å². The maximum atomic E-state index is 13.4. The van der Waals surface area contributed by atoms with Crippen molar-refractivity contribution in [2.75, 3.05) is 20.2 Å². The number of hydrogen-bond donors (Lipinski definition) is 1. The molecule has 0 spiro atoms. The van der Waals surface area contributed by atoms with E-state index >= 15 is 0 Å². The van der Waals surface area contributed by atoms with Gasteiger partial charge in [0.1, 0.15) is 0 Å². The molecule has 4 rings (SSSR count). The van der Waals surface area contributed by atoms with Gasteiger partial charge in [-0.1, -0.05) is 48.5 Å². The Balaban J connectivity index is 0.00000324. The van der Waals surface area contributed by atoms with E-state index < -0.39 is 23.6 Å². The van der Waals surface area contributed by atoms with Crippen LogP contribution in [-0.4, -0.2) is 36.9 Å². The Kier molecular flexibility index (Phi) is 7.53. The Hall–Kier alpha value is -3.10. The monoisotopic (exact) mass is 492 g/mol. The van der Waals surface area contributed by atoms with Gasteiger partial charge in [0, 0.05) is 36.0 Å². The van der Waals surface area contributed by atoms with E-state index in [-0.39, 0.29) is 35.9 Å². The van der Waals surface area contributed by atoms with Gasteiger partial charge in [0.2, 0.25) is 0 Å². The van der Waals surface area contributed by atoms with E-state index in [1.54, 1.807) is 6.92 Å². The second-order valence-corrected chi connectivity index (χ2v) is 8.16. The highest BCUT2D eigenvalue weighted by molar-refractivity contribution is 6.04. The molecule has 2 aromatic rings. The Bertz CT molecular complexity index is 1160. The summed E-state index contributed by atoms with van der Waals surface area (Å²) in [6, 6.07) is 14.5. The van der Waals surface area contributed by atoms with Crippen LogP contribution < -0.4 is 5.32 Å². The largest absolute Gasteiger partial charge is 0.466 e. The van der Waals surface area contributed by atoms with E-state index in [9.17, 15) is 22.8 Å². The zero-order valence-electron chi connectivity index (χ0n) is 18.6. The third-order valence-electron chi connectivity index (χ3n) is 5.90. The number of hydrogen-bond acceptors (Lipinski definition) is 5. The van der Waals surface area contributed by atoms with Gasteiger partial charge in [-0.15, -0.1) is 12.4 Å². The molecule has 0 amide bonds. The van der Waals surface area contributed by atoms with Crippen molar-refractivity contribution in [2.45, 2.75) is 25.6 Å². The molecule has 9 heteroatoms. The van der Waals surface area contributed by atoms with Gasteiger partial charge in [0.15, 0.2) is 5.78 Å². The Labute approximate surface area is 201 Å². The van der Waals surface area contributed by atoms with Crippen LogP contribution in [0.2, 0.25) is 0 Å². The van der Waals surface area contributed by atoms with Gasteiger partial charge < -0.3 is 10.1 Å². The van der Waals surface area contributed by atoms with Crippen molar-refractivity contribution in [1.29, 1.82) is 0 Å². The minimum absolute atomic E-state index is 0. The van der Waals surface area contributed by atoms with Gasteiger partial charge in [-0.05, 0) is 24.1 Å². The first-order chi connectivity index (χ1) is 15.7. The van der Waals surface area contributed by atoms with Crippen molar-refractivity contribution in [1.82, 2.24) is 10.2 Å². The average molecular weight is 493 g/mol. The number of allylic oxidation sites excluding steroid dienone is 1. The summed E-state index contributed by atoms with van der Waals surface area (Å²) in [5, 5.41) is 3.15. The van der Waals surface area contributed by atoms with Crippen LogP contribution in [0.15, 0.2) is 77.1 Å². The number of carbonyl (C=O) groups excluding carboxylic acids is 2. The van der Waals surface area contributed by atoms with E-state index in [0.717, 1.165) is 17.7 Å². The van der Waals surface area contributed by atoms with E-state index in [1.165, 1.54) is 19.2 Å². The predicted octanol–water partition coefficient (Wildman–Crippen LogP) is 4.60. The number of carbonyl (C=O) groups is 2. The van der Waals surface area contributed by atoms with Crippen LogP contribution in [0.5, 0.6) is 0 Å². The number of alkyl halides is 3. The smallest absolute Gasteiger partial charge is 0.416 e. The number of ketones is 1. The Morgan fingerprint density at radius 2 is 1.82 bits per heavy atom. The maximum absolute atomic E-state index is 13.4. The summed E-state index contributed by atoms with van der Waals surface area (Å²) < 4.78 is 45.1. The van der Waals surface area contributed by atoms with Crippen LogP contribution in [0.4, 0.5) is 13.2 Å². The number of Topliss-reactive ketones (excluding diaryl/α,β-unsaturated/α-hetero) is 1. The number of rotatable bonds is 4. The predicted molar refractivity (Wildman–Crippen MR) is 123 cm³/mol. The third-order valence-corrected chi connectivity index (χ3v) is 5.90. The van der Waals surface area contributed by atoms with Crippen molar-refractivity contribution in [3.05, 3.63) is 93.8 Å². The van der Waals surface area contributed by atoms with Gasteiger partial charge in [-0.3, -0.25) is 9.69 Å². The molecule has 2 aromatic carbocycles. The SMILES string of the molecule is COC(=O)C1=C(C)NC2=C(C(=O)CN(Cc3ccccc3)C2)C1c1cccc(C(F)(F)F)c1.Cl. The number of methoxy groups -OCH3 is 1. The van der Waals surface area contributed by atoms with Crippen molar-refractivity contribution in [3.63, 3.8) is 0 Å². The van der Waals surface area contributed by atoms with E-state index in [2.05, 4.69) is 5.32 Å². The maximum Gasteiger partial charge on any atom is 0.416 e. The molecule has 2 heterocycles. The van der Waals surface area contributed by atoms with E-state index in [1.807, 2.05) is 35.2 Å². The first kappa shape index (κ1) is 25.5. The Morgan fingerprint density at radius 3 is 2.47 bits per heavy atom. The highest BCUT2D eigenvalue weighted by Gasteiger charge is 2.41. The fourth-order valence-corrected chi connectivity index (χ4v) is 4.48. The van der Waals surface area contributed by atoms with Crippen LogP contribution in [0.1, 0.15) is 29.5 Å². The number of nitrogens with one attached hydrogen (secondary N) is 1. The second-order valence-electron chi connectivity index (χ2n) is 8.16. The van der Waals surface area contributed by atoms with Gasteiger partial charge in [-0.2, -0.15) is 13.2 Å². The number of nitrogens with zero attached hydrogens (tertiary/aromatic N) is 1. The summed E-state index contributed by atoms with van der Waals surface area (Å²) >= 11 is 0. The van der Waals surface area contributed by atoms with Crippen LogP contribution in [0.3, 0.4) is 0 Å². The van der Waals surface area contributed by atoms with Crippen LogP contribution in [-0.2, 0) is 27.0 Å². The molecule has 0 fully saturated rings. The fraction of sp³-hybridized carbons (Fsp3) is 0.280. The summed E-state index contributed by atoms with van der Waals surface area (Å²) in [6.07, 6.45) is -4.55. The van der Waals surface area contributed by atoms with Gasteiger partial charge in [-0.25, -0.2) is 4.79 Å². The van der Waals surface area contributed by atoms with Gasteiger partial charge in [0.05, 0.1) is 24.8 Å². The molecular weight excluding hydrogens is 469 g/mol. The standard InChI is InChI=1S/C25H23F3N2O3.ClH/c1-15-21(24(32)33-2)22(17-9-6-10-18(11-17)25(26,27)28)23-19(29-15)13-30(14-20(23)31)12-16-7-4-3-5-8-16;/h3-11,22,29H,12-14H2,1-2H3;1H. The number of halogens is 4. The minimum atomic E-state index is -4.55. The molecule has 0 bridgehead atoms. The lowest BCUT2D eigenvalue weighted by Crippen LogP contribution is -2.45. The quantitative estimate of drug-likeness (QED) is 0.632. The molecule has 2 aliphatic rings. The van der Waals surface area contributed by atoms with Crippen LogP contribution in [0.25, 0.3) is 0 Å². The molecule has 1 atom stereocenters. The van der Waals surface area contributed by atoms with Crippen molar-refractivity contribution in [3.8, 4) is 0 Å². The molecule has 0 saturated heterocycles. The van der Waals surface area contributed by atoms with E-state index in [0.29, 0.717) is 30.1 Å². The average Bonchev–Trinajstić information content (AvgIpc) is 2.78. The Morgan fingerprint density at radius 1 is 1.12 bits per heavy atom. The second kappa shape index (κ2) is 10.0. The summed E-state index contributed by atoms with van der Waals surface area (Å²) in [5.41, 5.74) is 1.93. The number of ether oxygens (including phenoxy) is 1. The molecule has 1 N–H and O–H groups in total. The minimum Gasteiger partial charge on any atom is -0.466 e. The first-order valence-electron chi connectivity index (χ1n) is 10.4. The molecular formula is C25H24ClF3N2O3. The lowest BCUT2D eigenvalue weighted by Gasteiger charge is -2.38. The molecule has 34 heavy (non-hydrogen) atoms. The summed E-state index contributed by atoms with van der Waals surface area (Å²) in [6.45, 7) is 2.71. The normalized spacial score (nSPS) is 18.7. The molecule has 0 aromatic heterocycles. The zero-order valence-corrected chi connectivity index (χ0v) is 19.4. The molecule has 1 unspecified atom stereocenters.